The van der Waals surface area contributed by atoms with Crippen molar-refractivity contribution in [1.82, 2.24) is 9.97 Å². The van der Waals surface area contributed by atoms with E-state index in [0.717, 1.165) is 42.3 Å². The smallest absolute Gasteiger partial charge is 0.256 e. The van der Waals surface area contributed by atoms with Crippen molar-refractivity contribution in [3.63, 3.8) is 0 Å². The van der Waals surface area contributed by atoms with Crippen LogP contribution >= 0.6 is 0 Å². The largest absolute Gasteiger partial charge is 0.376 e. The molecule has 1 aromatic heterocycles. The zero-order chi connectivity index (χ0) is 13.2. The molecule has 1 N–H and O–H groups in total. The van der Waals surface area contributed by atoms with Crippen LogP contribution in [-0.2, 0) is 17.8 Å². The number of hydrogen-bond acceptors (Lipinski definition) is 3. The molecule has 2 aliphatic rings. The van der Waals surface area contributed by atoms with Crippen LogP contribution in [0.5, 0.6) is 0 Å². The fourth-order valence-electron chi connectivity index (χ4n) is 3.30. The summed E-state index contributed by atoms with van der Waals surface area (Å²) in [5.41, 5.74) is 1.71. The topological polar surface area (TPSA) is 55.0 Å². The Morgan fingerprint density at radius 3 is 2.84 bits per heavy atom. The highest BCUT2D eigenvalue weighted by Gasteiger charge is 2.25. The Balaban J connectivity index is 1.82. The maximum Gasteiger partial charge on any atom is 0.256 e. The highest BCUT2D eigenvalue weighted by Crippen LogP contribution is 2.35. The van der Waals surface area contributed by atoms with E-state index in [1.54, 1.807) is 0 Å². The summed E-state index contributed by atoms with van der Waals surface area (Å²) in [4.78, 5) is 19.8. The standard InChI is InChI=1S/C15H22N2O2/c1-2-10-3-5-11(6-4-10)14-16-13-7-8-19-9-12(13)15(18)17-14/h10-11H,2-9H2,1H3,(H,16,17,18). The molecule has 0 spiro atoms. The number of fused-ring (bicyclic) bond motifs is 1. The number of rotatable bonds is 2. The Labute approximate surface area is 113 Å². The molecule has 0 aromatic carbocycles. The molecule has 1 fully saturated rings. The van der Waals surface area contributed by atoms with E-state index in [0.29, 0.717) is 19.1 Å². The fourth-order valence-corrected chi connectivity index (χ4v) is 3.30. The van der Waals surface area contributed by atoms with Crippen LogP contribution in [0.3, 0.4) is 0 Å². The van der Waals surface area contributed by atoms with Crippen molar-refractivity contribution in [3.8, 4) is 0 Å². The van der Waals surface area contributed by atoms with Gasteiger partial charge in [-0.3, -0.25) is 4.79 Å². The molecular weight excluding hydrogens is 240 g/mol. The number of nitrogens with one attached hydrogen (secondary N) is 1. The second kappa shape index (κ2) is 5.45. The van der Waals surface area contributed by atoms with Crippen LogP contribution in [-0.4, -0.2) is 16.6 Å². The lowest BCUT2D eigenvalue weighted by Gasteiger charge is -2.27. The average Bonchev–Trinajstić information content (AvgIpc) is 2.47. The van der Waals surface area contributed by atoms with E-state index in [1.165, 1.54) is 19.3 Å². The van der Waals surface area contributed by atoms with Gasteiger partial charge in [-0.1, -0.05) is 13.3 Å². The van der Waals surface area contributed by atoms with Crippen molar-refractivity contribution in [2.75, 3.05) is 6.61 Å². The Bertz CT molecular complexity index is 501. The van der Waals surface area contributed by atoms with Gasteiger partial charge in [0, 0.05) is 12.3 Å². The molecule has 4 heteroatoms. The molecule has 2 heterocycles. The highest BCUT2D eigenvalue weighted by molar-refractivity contribution is 5.20. The maximum absolute atomic E-state index is 12.1. The molecule has 3 rings (SSSR count). The molecular formula is C15H22N2O2. The Morgan fingerprint density at radius 1 is 1.32 bits per heavy atom. The first-order chi connectivity index (χ1) is 9.28. The van der Waals surface area contributed by atoms with Gasteiger partial charge in [0.05, 0.1) is 24.5 Å². The fraction of sp³-hybridized carbons (Fsp3) is 0.733. The normalized spacial score (nSPS) is 27.0. The summed E-state index contributed by atoms with van der Waals surface area (Å²) in [6, 6.07) is 0. The lowest BCUT2D eigenvalue weighted by atomic mass is 9.80. The van der Waals surface area contributed by atoms with Crippen molar-refractivity contribution in [2.24, 2.45) is 5.92 Å². The molecule has 1 saturated carbocycles. The predicted molar refractivity (Wildman–Crippen MR) is 73.2 cm³/mol. The van der Waals surface area contributed by atoms with E-state index in [2.05, 4.69) is 11.9 Å². The number of hydrogen-bond donors (Lipinski definition) is 1. The molecule has 1 aromatic rings. The summed E-state index contributed by atoms with van der Waals surface area (Å²) in [5.74, 6) is 2.23. The minimum Gasteiger partial charge on any atom is -0.376 e. The maximum atomic E-state index is 12.1. The van der Waals surface area contributed by atoms with Gasteiger partial charge < -0.3 is 9.72 Å². The monoisotopic (exact) mass is 262 g/mol. The van der Waals surface area contributed by atoms with Crippen LogP contribution in [0.2, 0.25) is 0 Å². The number of ether oxygens (including phenoxy) is 1. The van der Waals surface area contributed by atoms with E-state index in [9.17, 15) is 4.79 Å². The summed E-state index contributed by atoms with van der Waals surface area (Å²) >= 11 is 0. The minimum absolute atomic E-state index is 0.0114. The molecule has 1 aliphatic heterocycles. The molecule has 0 unspecified atom stereocenters. The quantitative estimate of drug-likeness (QED) is 0.891. The molecule has 0 bridgehead atoms. The second-order valence-electron chi connectivity index (χ2n) is 5.80. The summed E-state index contributed by atoms with van der Waals surface area (Å²) in [5, 5.41) is 0. The van der Waals surface area contributed by atoms with Crippen molar-refractivity contribution in [1.29, 1.82) is 0 Å². The third-order valence-electron chi connectivity index (χ3n) is 4.66. The Morgan fingerprint density at radius 2 is 2.11 bits per heavy atom. The van der Waals surface area contributed by atoms with Crippen LogP contribution in [0, 0.1) is 5.92 Å². The Hall–Kier alpha value is -1.16. The first-order valence-electron chi connectivity index (χ1n) is 7.47. The van der Waals surface area contributed by atoms with Crippen LogP contribution < -0.4 is 5.56 Å². The van der Waals surface area contributed by atoms with E-state index in [1.807, 2.05) is 0 Å². The minimum atomic E-state index is 0.0114. The summed E-state index contributed by atoms with van der Waals surface area (Å²) in [6.07, 6.45) is 6.92. The van der Waals surface area contributed by atoms with Crippen LogP contribution in [0.25, 0.3) is 0 Å². The van der Waals surface area contributed by atoms with Crippen molar-refractivity contribution in [3.05, 3.63) is 27.4 Å². The lowest BCUT2D eigenvalue weighted by Crippen LogP contribution is -2.27. The zero-order valence-corrected chi connectivity index (χ0v) is 11.6. The third-order valence-corrected chi connectivity index (χ3v) is 4.66. The van der Waals surface area contributed by atoms with Crippen molar-refractivity contribution in [2.45, 2.75) is 58.0 Å². The van der Waals surface area contributed by atoms with Crippen molar-refractivity contribution >= 4 is 0 Å². The molecule has 4 nitrogen and oxygen atoms in total. The Kier molecular flexibility index (Phi) is 3.69. The number of aromatic nitrogens is 2. The van der Waals surface area contributed by atoms with Gasteiger partial charge in [0.1, 0.15) is 5.82 Å². The number of H-pyrrole nitrogens is 1. The first kappa shape index (κ1) is 12.9. The van der Waals surface area contributed by atoms with Crippen LogP contribution in [0.1, 0.15) is 62.0 Å². The first-order valence-corrected chi connectivity index (χ1v) is 7.47. The molecule has 0 saturated heterocycles. The van der Waals surface area contributed by atoms with Crippen LogP contribution in [0.4, 0.5) is 0 Å². The van der Waals surface area contributed by atoms with E-state index in [-0.39, 0.29) is 5.56 Å². The molecule has 1 aliphatic carbocycles. The average molecular weight is 262 g/mol. The van der Waals surface area contributed by atoms with E-state index >= 15 is 0 Å². The van der Waals surface area contributed by atoms with Gasteiger partial charge in [0.15, 0.2) is 0 Å². The second-order valence-corrected chi connectivity index (χ2v) is 5.80. The van der Waals surface area contributed by atoms with E-state index < -0.39 is 0 Å². The third kappa shape index (κ3) is 2.59. The predicted octanol–water partition coefficient (Wildman–Crippen LogP) is 2.53. The zero-order valence-electron chi connectivity index (χ0n) is 11.6. The van der Waals surface area contributed by atoms with Gasteiger partial charge in [-0.05, 0) is 31.6 Å². The SMILES string of the molecule is CCC1CCC(c2nc3c(c(=O)[nH]2)COCC3)CC1. The van der Waals surface area contributed by atoms with Gasteiger partial charge in [-0.2, -0.15) is 0 Å². The summed E-state index contributed by atoms with van der Waals surface area (Å²) < 4.78 is 5.33. The number of aromatic amines is 1. The molecule has 19 heavy (non-hydrogen) atoms. The van der Waals surface area contributed by atoms with Gasteiger partial charge in [0.25, 0.3) is 5.56 Å². The molecule has 0 radical (unpaired) electrons. The molecule has 0 atom stereocenters. The summed E-state index contributed by atoms with van der Waals surface area (Å²) in [6.45, 7) is 3.37. The highest BCUT2D eigenvalue weighted by atomic mass is 16.5. The molecule has 0 amide bonds. The lowest BCUT2D eigenvalue weighted by molar-refractivity contribution is 0.107. The van der Waals surface area contributed by atoms with Gasteiger partial charge in [0.2, 0.25) is 0 Å². The van der Waals surface area contributed by atoms with E-state index in [4.69, 9.17) is 9.72 Å². The van der Waals surface area contributed by atoms with Gasteiger partial charge in [-0.15, -0.1) is 0 Å². The molecule has 104 valence electrons. The van der Waals surface area contributed by atoms with Gasteiger partial charge in [-0.25, -0.2) is 4.98 Å². The van der Waals surface area contributed by atoms with Crippen LogP contribution in [0.15, 0.2) is 4.79 Å². The van der Waals surface area contributed by atoms with Gasteiger partial charge >= 0.3 is 0 Å². The number of nitrogens with zero attached hydrogens (tertiary/aromatic N) is 1. The summed E-state index contributed by atoms with van der Waals surface area (Å²) in [7, 11) is 0. The van der Waals surface area contributed by atoms with Crippen molar-refractivity contribution < 1.29 is 4.74 Å².